The first-order valence-corrected chi connectivity index (χ1v) is 6.46. The van der Waals surface area contributed by atoms with Crippen LogP contribution in [-0.4, -0.2) is 11.0 Å². The summed E-state index contributed by atoms with van der Waals surface area (Å²) in [6.07, 6.45) is 8.02. The van der Waals surface area contributed by atoms with Gasteiger partial charge in [-0.1, -0.05) is 26.2 Å². The van der Waals surface area contributed by atoms with E-state index in [0.717, 1.165) is 37.8 Å². The number of ether oxygens (including phenoxy) is 1. The molecule has 0 atom stereocenters. The zero-order valence-electron chi connectivity index (χ0n) is 10.3. The van der Waals surface area contributed by atoms with Crippen molar-refractivity contribution >= 4 is 5.97 Å². The molecule has 0 unspecified atom stereocenters. The molecular formula is C14H19NO2. The molecule has 1 fully saturated rings. The Morgan fingerprint density at radius 1 is 1.35 bits per heavy atom. The molecule has 3 nitrogen and oxygen atoms in total. The minimum atomic E-state index is -0.0873. The molecule has 92 valence electrons. The lowest BCUT2D eigenvalue weighted by Crippen LogP contribution is -2.22. The second-order valence-corrected chi connectivity index (χ2v) is 4.59. The van der Waals surface area contributed by atoms with E-state index in [-0.39, 0.29) is 11.9 Å². The Kier molecular flexibility index (Phi) is 4.13. The van der Waals surface area contributed by atoms with Gasteiger partial charge in [0.15, 0.2) is 0 Å². The highest BCUT2D eigenvalue weighted by atomic mass is 16.5. The summed E-state index contributed by atoms with van der Waals surface area (Å²) in [6, 6.07) is 3.73. The topological polar surface area (TPSA) is 39.2 Å². The van der Waals surface area contributed by atoms with Crippen molar-refractivity contribution in [3.63, 3.8) is 0 Å². The molecule has 0 aromatic carbocycles. The average molecular weight is 233 g/mol. The van der Waals surface area contributed by atoms with Gasteiger partial charge in [-0.2, -0.15) is 0 Å². The number of aryl methyl sites for hydroxylation is 1. The lowest BCUT2D eigenvalue weighted by atomic mass is 9.89. The molecule has 2 rings (SSSR count). The van der Waals surface area contributed by atoms with Gasteiger partial charge in [0.25, 0.3) is 0 Å². The number of nitrogens with zero attached hydrogens (tertiary/aromatic N) is 1. The van der Waals surface area contributed by atoms with Crippen LogP contribution in [-0.2, 0) is 11.2 Å². The quantitative estimate of drug-likeness (QED) is 0.753. The van der Waals surface area contributed by atoms with E-state index >= 15 is 0 Å². The molecule has 3 heteroatoms. The second-order valence-electron chi connectivity index (χ2n) is 4.59. The van der Waals surface area contributed by atoms with Crippen LogP contribution in [0.4, 0.5) is 0 Å². The number of aromatic nitrogens is 1. The fourth-order valence-electron chi connectivity index (χ4n) is 2.22. The number of esters is 1. The third kappa shape index (κ3) is 3.29. The van der Waals surface area contributed by atoms with Gasteiger partial charge in [0.05, 0.1) is 12.1 Å². The lowest BCUT2D eigenvalue weighted by Gasteiger charge is -2.19. The molecule has 1 aromatic heterocycles. The van der Waals surface area contributed by atoms with Crippen molar-refractivity contribution < 1.29 is 9.53 Å². The predicted molar refractivity (Wildman–Crippen MR) is 65.8 cm³/mol. The van der Waals surface area contributed by atoms with Gasteiger partial charge in [-0.3, -0.25) is 9.78 Å². The highest BCUT2D eigenvalue weighted by Crippen LogP contribution is 2.25. The van der Waals surface area contributed by atoms with Crippen LogP contribution in [0.5, 0.6) is 5.75 Å². The van der Waals surface area contributed by atoms with Crippen molar-refractivity contribution in [3.05, 3.63) is 24.0 Å². The van der Waals surface area contributed by atoms with E-state index in [9.17, 15) is 4.79 Å². The van der Waals surface area contributed by atoms with E-state index in [2.05, 4.69) is 11.9 Å². The Hall–Kier alpha value is -1.38. The van der Waals surface area contributed by atoms with E-state index in [1.54, 1.807) is 6.20 Å². The van der Waals surface area contributed by atoms with Crippen molar-refractivity contribution in [1.29, 1.82) is 0 Å². The van der Waals surface area contributed by atoms with Gasteiger partial charge in [-0.15, -0.1) is 0 Å². The molecule has 0 aliphatic heterocycles. The summed E-state index contributed by atoms with van der Waals surface area (Å²) in [6.45, 7) is 2.05. The van der Waals surface area contributed by atoms with Gasteiger partial charge in [0.1, 0.15) is 5.75 Å². The van der Waals surface area contributed by atoms with Crippen LogP contribution in [0.1, 0.15) is 44.7 Å². The first-order valence-electron chi connectivity index (χ1n) is 6.46. The predicted octanol–water partition coefficient (Wildman–Crippen LogP) is 3.13. The van der Waals surface area contributed by atoms with Crippen LogP contribution >= 0.6 is 0 Å². The summed E-state index contributed by atoms with van der Waals surface area (Å²) in [5.41, 5.74) is 1.02. The Labute approximate surface area is 102 Å². The Balaban J connectivity index is 1.92. The number of carbonyl (C=O) groups excluding carboxylic acids is 1. The maximum Gasteiger partial charge on any atom is 0.314 e. The van der Waals surface area contributed by atoms with Crippen LogP contribution in [0, 0.1) is 5.92 Å². The largest absolute Gasteiger partial charge is 0.425 e. The van der Waals surface area contributed by atoms with E-state index in [1.165, 1.54) is 6.42 Å². The molecule has 17 heavy (non-hydrogen) atoms. The Morgan fingerprint density at radius 2 is 2.12 bits per heavy atom. The summed E-state index contributed by atoms with van der Waals surface area (Å²) in [5.74, 6) is 0.572. The summed E-state index contributed by atoms with van der Waals surface area (Å²) in [7, 11) is 0. The normalized spacial score (nSPS) is 16.8. The maximum absolute atomic E-state index is 11.9. The number of hydrogen-bond donors (Lipinski definition) is 0. The highest BCUT2D eigenvalue weighted by Gasteiger charge is 2.22. The molecule has 1 aromatic rings. The SMILES string of the molecule is CCc1ccc(OC(=O)C2CCCCC2)cn1. The van der Waals surface area contributed by atoms with Gasteiger partial charge < -0.3 is 4.74 Å². The van der Waals surface area contributed by atoms with Crippen molar-refractivity contribution in [2.24, 2.45) is 5.92 Å². The van der Waals surface area contributed by atoms with Crippen LogP contribution in [0.3, 0.4) is 0 Å². The Morgan fingerprint density at radius 3 is 2.71 bits per heavy atom. The smallest absolute Gasteiger partial charge is 0.314 e. The molecule has 0 bridgehead atoms. The zero-order chi connectivity index (χ0) is 12.1. The first-order chi connectivity index (χ1) is 8.29. The summed E-state index contributed by atoms with van der Waals surface area (Å²) >= 11 is 0. The van der Waals surface area contributed by atoms with Gasteiger partial charge in [-0.25, -0.2) is 0 Å². The monoisotopic (exact) mass is 233 g/mol. The molecule has 0 radical (unpaired) electrons. The molecule has 1 saturated carbocycles. The fourth-order valence-corrected chi connectivity index (χ4v) is 2.22. The number of hydrogen-bond acceptors (Lipinski definition) is 3. The third-order valence-corrected chi connectivity index (χ3v) is 3.32. The number of pyridine rings is 1. The Bertz CT molecular complexity index is 366. The van der Waals surface area contributed by atoms with Crippen molar-refractivity contribution in [1.82, 2.24) is 4.98 Å². The van der Waals surface area contributed by atoms with Gasteiger partial charge in [-0.05, 0) is 31.4 Å². The third-order valence-electron chi connectivity index (χ3n) is 3.32. The maximum atomic E-state index is 11.9. The zero-order valence-corrected chi connectivity index (χ0v) is 10.3. The molecule has 1 heterocycles. The molecule has 0 spiro atoms. The highest BCUT2D eigenvalue weighted by molar-refractivity contribution is 5.75. The lowest BCUT2D eigenvalue weighted by molar-refractivity contribution is -0.140. The molecule has 0 saturated heterocycles. The summed E-state index contributed by atoms with van der Waals surface area (Å²) in [5, 5.41) is 0. The van der Waals surface area contributed by atoms with Gasteiger partial charge >= 0.3 is 5.97 Å². The van der Waals surface area contributed by atoms with Crippen LogP contribution in [0.2, 0.25) is 0 Å². The van der Waals surface area contributed by atoms with Crippen molar-refractivity contribution in [3.8, 4) is 5.75 Å². The first kappa shape index (κ1) is 12.1. The van der Waals surface area contributed by atoms with E-state index in [1.807, 2.05) is 12.1 Å². The minimum absolute atomic E-state index is 0.0873. The molecular weight excluding hydrogens is 214 g/mol. The number of rotatable bonds is 3. The van der Waals surface area contributed by atoms with Gasteiger partial charge in [0.2, 0.25) is 0 Å². The van der Waals surface area contributed by atoms with Crippen LogP contribution in [0.25, 0.3) is 0 Å². The fraction of sp³-hybridized carbons (Fsp3) is 0.571. The summed E-state index contributed by atoms with van der Waals surface area (Å²) in [4.78, 5) is 16.1. The molecule has 0 N–H and O–H groups in total. The second kappa shape index (κ2) is 5.80. The van der Waals surface area contributed by atoms with Gasteiger partial charge in [0, 0.05) is 5.69 Å². The van der Waals surface area contributed by atoms with Crippen LogP contribution in [0.15, 0.2) is 18.3 Å². The molecule has 1 aliphatic carbocycles. The number of carbonyl (C=O) groups is 1. The van der Waals surface area contributed by atoms with E-state index in [0.29, 0.717) is 5.75 Å². The van der Waals surface area contributed by atoms with Crippen molar-refractivity contribution in [2.75, 3.05) is 0 Å². The van der Waals surface area contributed by atoms with E-state index in [4.69, 9.17) is 4.74 Å². The van der Waals surface area contributed by atoms with Crippen LogP contribution < -0.4 is 4.74 Å². The molecule has 1 aliphatic rings. The standard InChI is InChI=1S/C14H19NO2/c1-2-12-8-9-13(10-15-12)17-14(16)11-6-4-3-5-7-11/h8-11H,2-7H2,1H3. The summed E-state index contributed by atoms with van der Waals surface area (Å²) < 4.78 is 5.35. The molecule has 0 amide bonds. The van der Waals surface area contributed by atoms with E-state index < -0.39 is 0 Å². The minimum Gasteiger partial charge on any atom is -0.425 e. The average Bonchev–Trinajstić information content (AvgIpc) is 2.40. The van der Waals surface area contributed by atoms with Crippen molar-refractivity contribution in [2.45, 2.75) is 45.4 Å².